The molecule has 0 spiro atoms. The molecule has 15 heavy (non-hydrogen) atoms. The van der Waals surface area contributed by atoms with Gasteiger partial charge in [-0.15, -0.1) is 0 Å². The Balaban J connectivity index is 3.95. The van der Waals surface area contributed by atoms with Gasteiger partial charge in [0.25, 0.3) is 0 Å². The number of methoxy groups -OCH3 is 1. The van der Waals surface area contributed by atoms with E-state index in [-0.39, 0.29) is 11.8 Å². The van der Waals surface area contributed by atoms with E-state index in [1.807, 2.05) is 13.8 Å². The summed E-state index contributed by atoms with van der Waals surface area (Å²) in [5, 5.41) is 5.65. The number of esters is 1. The molecule has 5 heteroatoms. The standard InChI is InChI=1S/C10H20N2O3/c1-5-11-6-7(2)9(13)12-8(3)10(14)15-4/h7-8,11H,5-6H2,1-4H3,(H,12,13). The second-order valence-electron chi connectivity index (χ2n) is 3.46. The van der Waals surface area contributed by atoms with Gasteiger partial charge in [0.1, 0.15) is 6.04 Å². The fourth-order valence-electron chi connectivity index (χ4n) is 1.04. The Labute approximate surface area is 90.6 Å². The maximum Gasteiger partial charge on any atom is 0.328 e. The maximum absolute atomic E-state index is 11.5. The quantitative estimate of drug-likeness (QED) is 0.609. The average Bonchev–Trinajstić information content (AvgIpc) is 2.24. The maximum atomic E-state index is 11.5. The Morgan fingerprint density at radius 1 is 1.33 bits per heavy atom. The van der Waals surface area contributed by atoms with E-state index in [4.69, 9.17) is 0 Å². The minimum atomic E-state index is -0.591. The Hall–Kier alpha value is -1.10. The third-order valence-electron chi connectivity index (χ3n) is 2.06. The van der Waals surface area contributed by atoms with Crippen molar-refractivity contribution in [2.75, 3.05) is 20.2 Å². The van der Waals surface area contributed by atoms with Crippen molar-refractivity contribution in [2.45, 2.75) is 26.8 Å². The van der Waals surface area contributed by atoms with Crippen molar-refractivity contribution < 1.29 is 14.3 Å². The first-order valence-electron chi connectivity index (χ1n) is 5.11. The average molecular weight is 216 g/mol. The zero-order valence-electron chi connectivity index (χ0n) is 9.79. The summed E-state index contributed by atoms with van der Waals surface area (Å²) < 4.78 is 4.50. The lowest BCUT2D eigenvalue weighted by Gasteiger charge is -2.15. The fraction of sp³-hybridized carbons (Fsp3) is 0.800. The van der Waals surface area contributed by atoms with E-state index in [9.17, 15) is 9.59 Å². The second kappa shape index (κ2) is 7.23. The molecule has 0 saturated carbocycles. The molecular weight excluding hydrogens is 196 g/mol. The summed E-state index contributed by atoms with van der Waals surface area (Å²) in [7, 11) is 1.30. The number of rotatable bonds is 6. The molecule has 88 valence electrons. The van der Waals surface area contributed by atoms with Gasteiger partial charge in [0.15, 0.2) is 0 Å². The molecule has 0 aliphatic heterocycles. The van der Waals surface area contributed by atoms with Crippen molar-refractivity contribution in [2.24, 2.45) is 5.92 Å². The van der Waals surface area contributed by atoms with Crippen LogP contribution in [0.3, 0.4) is 0 Å². The third-order valence-corrected chi connectivity index (χ3v) is 2.06. The zero-order chi connectivity index (χ0) is 11.8. The smallest absolute Gasteiger partial charge is 0.328 e. The molecule has 0 aromatic rings. The van der Waals surface area contributed by atoms with Crippen LogP contribution in [0.1, 0.15) is 20.8 Å². The van der Waals surface area contributed by atoms with Crippen molar-refractivity contribution in [3.05, 3.63) is 0 Å². The highest BCUT2D eigenvalue weighted by molar-refractivity contribution is 5.85. The van der Waals surface area contributed by atoms with Crippen LogP contribution in [0.5, 0.6) is 0 Å². The molecule has 0 rings (SSSR count). The van der Waals surface area contributed by atoms with Crippen LogP contribution >= 0.6 is 0 Å². The first-order chi connectivity index (χ1) is 7.02. The lowest BCUT2D eigenvalue weighted by Crippen LogP contribution is -2.43. The highest BCUT2D eigenvalue weighted by atomic mass is 16.5. The van der Waals surface area contributed by atoms with Crippen molar-refractivity contribution in [1.82, 2.24) is 10.6 Å². The van der Waals surface area contributed by atoms with Gasteiger partial charge in [-0.05, 0) is 13.5 Å². The van der Waals surface area contributed by atoms with Gasteiger partial charge in [-0.2, -0.15) is 0 Å². The molecule has 0 aromatic heterocycles. The van der Waals surface area contributed by atoms with Gasteiger partial charge >= 0.3 is 5.97 Å². The van der Waals surface area contributed by atoms with Gasteiger partial charge in [0.05, 0.1) is 7.11 Å². The second-order valence-corrected chi connectivity index (χ2v) is 3.46. The Kier molecular flexibility index (Phi) is 6.70. The fourth-order valence-corrected chi connectivity index (χ4v) is 1.04. The zero-order valence-corrected chi connectivity index (χ0v) is 9.79. The van der Waals surface area contributed by atoms with E-state index in [0.717, 1.165) is 6.54 Å². The summed E-state index contributed by atoms with van der Waals surface area (Å²) in [6.07, 6.45) is 0. The van der Waals surface area contributed by atoms with Gasteiger partial charge in [0, 0.05) is 12.5 Å². The highest BCUT2D eigenvalue weighted by Crippen LogP contribution is 1.95. The van der Waals surface area contributed by atoms with Crippen molar-refractivity contribution in [3.63, 3.8) is 0 Å². The van der Waals surface area contributed by atoms with Crippen LogP contribution in [-0.4, -0.2) is 38.1 Å². The van der Waals surface area contributed by atoms with Gasteiger partial charge in [0.2, 0.25) is 5.91 Å². The molecule has 5 nitrogen and oxygen atoms in total. The number of amides is 1. The van der Waals surface area contributed by atoms with Crippen LogP contribution in [0.2, 0.25) is 0 Å². The Morgan fingerprint density at radius 3 is 2.40 bits per heavy atom. The number of carbonyl (C=O) groups excluding carboxylic acids is 2. The molecule has 0 aliphatic rings. The molecule has 2 unspecified atom stereocenters. The molecule has 0 saturated heterocycles. The van der Waals surface area contributed by atoms with Gasteiger partial charge in [-0.3, -0.25) is 4.79 Å². The van der Waals surface area contributed by atoms with Crippen molar-refractivity contribution >= 4 is 11.9 Å². The van der Waals surface area contributed by atoms with E-state index in [0.29, 0.717) is 6.54 Å². The minimum Gasteiger partial charge on any atom is -0.467 e. The van der Waals surface area contributed by atoms with Crippen LogP contribution < -0.4 is 10.6 Å². The first-order valence-corrected chi connectivity index (χ1v) is 5.11. The third kappa shape index (κ3) is 5.37. The van der Waals surface area contributed by atoms with Crippen LogP contribution in [0.25, 0.3) is 0 Å². The normalized spacial score (nSPS) is 14.1. The van der Waals surface area contributed by atoms with Crippen LogP contribution in [0, 0.1) is 5.92 Å². The predicted octanol–water partition coefficient (Wildman–Crippen LogP) is -0.0903. The molecule has 0 aliphatic carbocycles. The van der Waals surface area contributed by atoms with E-state index in [2.05, 4.69) is 15.4 Å². The first kappa shape index (κ1) is 13.9. The van der Waals surface area contributed by atoms with Crippen LogP contribution in [0.4, 0.5) is 0 Å². The molecule has 0 aromatic carbocycles. The number of ether oxygens (including phenoxy) is 1. The molecule has 2 atom stereocenters. The SMILES string of the molecule is CCNCC(C)C(=O)NC(C)C(=O)OC. The molecular formula is C10H20N2O3. The Bertz CT molecular complexity index is 219. The largest absolute Gasteiger partial charge is 0.467 e. The topological polar surface area (TPSA) is 67.4 Å². The van der Waals surface area contributed by atoms with Gasteiger partial charge < -0.3 is 15.4 Å². The van der Waals surface area contributed by atoms with E-state index < -0.39 is 12.0 Å². The molecule has 2 N–H and O–H groups in total. The summed E-state index contributed by atoms with van der Waals surface area (Å²) in [6.45, 7) is 6.81. The van der Waals surface area contributed by atoms with Gasteiger partial charge in [-0.1, -0.05) is 13.8 Å². The van der Waals surface area contributed by atoms with E-state index in [1.54, 1.807) is 6.92 Å². The Morgan fingerprint density at radius 2 is 1.93 bits per heavy atom. The number of hydrogen-bond acceptors (Lipinski definition) is 4. The number of nitrogens with one attached hydrogen (secondary N) is 2. The van der Waals surface area contributed by atoms with Crippen molar-refractivity contribution in [3.8, 4) is 0 Å². The van der Waals surface area contributed by atoms with Gasteiger partial charge in [-0.25, -0.2) is 4.79 Å². The highest BCUT2D eigenvalue weighted by Gasteiger charge is 2.19. The molecule has 0 bridgehead atoms. The summed E-state index contributed by atoms with van der Waals surface area (Å²) >= 11 is 0. The molecule has 0 heterocycles. The molecule has 1 amide bonds. The van der Waals surface area contributed by atoms with E-state index in [1.165, 1.54) is 7.11 Å². The molecule has 0 fully saturated rings. The lowest BCUT2D eigenvalue weighted by atomic mass is 10.1. The molecule has 0 radical (unpaired) electrons. The predicted molar refractivity (Wildman–Crippen MR) is 57.3 cm³/mol. The summed E-state index contributed by atoms with van der Waals surface area (Å²) in [4.78, 5) is 22.6. The number of hydrogen-bond donors (Lipinski definition) is 2. The van der Waals surface area contributed by atoms with Crippen LogP contribution in [0.15, 0.2) is 0 Å². The van der Waals surface area contributed by atoms with E-state index >= 15 is 0 Å². The summed E-state index contributed by atoms with van der Waals surface area (Å²) in [5.74, 6) is -0.732. The minimum absolute atomic E-state index is 0.145. The van der Waals surface area contributed by atoms with Crippen molar-refractivity contribution in [1.29, 1.82) is 0 Å². The summed E-state index contributed by atoms with van der Waals surface area (Å²) in [5.41, 5.74) is 0. The number of carbonyl (C=O) groups is 2. The lowest BCUT2D eigenvalue weighted by molar-refractivity contribution is -0.144. The monoisotopic (exact) mass is 216 g/mol. The summed E-state index contributed by atoms with van der Waals surface area (Å²) in [6, 6.07) is -0.591. The van der Waals surface area contributed by atoms with Crippen LogP contribution in [-0.2, 0) is 14.3 Å².